The average Bonchev–Trinajstić information content (AvgIpc) is 2.60. The van der Waals surface area contributed by atoms with Gasteiger partial charge >= 0.3 is 0 Å². The molecule has 1 amide bonds. The summed E-state index contributed by atoms with van der Waals surface area (Å²) in [4.78, 5) is 28.1. The summed E-state index contributed by atoms with van der Waals surface area (Å²) in [5.41, 5.74) is 1.51. The van der Waals surface area contributed by atoms with Crippen LogP contribution >= 0.6 is 15.9 Å². The molecule has 0 bridgehead atoms. The number of carbonyl (C=O) groups excluding carboxylic acids is 1. The van der Waals surface area contributed by atoms with E-state index in [4.69, 9.17) is 0 Å². The number of anilines is 2. The van der Waals surface area contributed by atoms with Gasteiger partial charge in [0, 0.05) is 49.5 Å². The highest BCUT2D eigenvalue weighted by Gasteiger charge is 2.19. The Kier molecular flexibility index (Phi) is 5.50. The van der Waals surface area contributed by atoms with Crippen LogP contribution in [0.25, 0.3) is 0 Å². The molecule has 0 unspecified atom stereocenters. The van der Waals surface area contributed by atoms with Crippen molar-refractivity contribution >= 4 is 33.2 Å². The van der Waals surface area contributed by atoms with Gasteiger partial charge in [0.25, 0.3) is 5.56 Å². The summed E-state index contributed by atoms with van der Waals surface area (Å²) in [5.74, 6) is -0.0222. The van der Waals surface area contributed by atoms with Crippen molar-refractivity contribution in [2.24, 2.45) is 7.05 Å². The van der Waals surface area contributed by atoms with Crippen LogP contribution in [0.3, 0.4) is 0 Å². The minimum absolute atomic E-state index is 0.0222. The molecule has 1 saturated heterocycles. The van der Waals surface area contributed by atoms with E-state index in [0.29, 0.717) is 6.54 Å². The number of amides is 1. The van der Waals surface area contributed by atoms with Crippen LogP contribution < -0.4 is 15.8 Å². The van der Waals surface area contributed by atoms with Crippen molar-refractivity contribution < 1.29 is 4.79 Å². The van der Waals surface area contributed by atoms with Crippen molar-refractivity contribution in [1.82, 2.24) is 14.7 Å². The van der Waals surface area contributed by atoms with Crippen LogP contribution in [0.5, 0.6) is 0 Å². The molecule has 7 nitrogen and oxygen atoms in total. The van der Waals surface area contributed by atoms with Crippen LogP contribution in [-0.2, 0) is 11.8 Å². The monoisotopic (exact) mass is 405 g/mol. The first kappa shape index (κ1) is 17.6. The van der Waals surface area contributed by atoms with Gasteiger partial charge in [0.1, 0.15) is 0 Å². The number of benzene rings is 1. The van der Waals surface area contributed by atoms with E-state index in [9.17, 15) is 9.59 Å². The zero-order valence-corrected chi connectivity index (χ0v) is 15.6. The highest BCUT2D eigenvalue weighted by atomic mass is 79.9. The maximum absolute atomic E-state index is 12.2. The van der Waals surface area contributed by atoms with Crippen molar-refractivity contribution in [2.45, 2.75) is 0 Å². The third kappa shape index (κ3) is 4.67. The van der Waals surface area contributed by atoms with Gasteiger partial charge in [-0.15, -0.1) is 0 Å². The number of aromatic nitrogens is 2. The summed E-state index contributed by atoms with van der Waals surface area (Å²) >= 11 is 3.37. The molecule has 132 valence electrons. The van der Waals surface area contributed by atoms with E-state index >= 15 is 0 Å². The Morgan fingerprint density at radius 3 is 2.52 bits per heavy atom. The highest BCUT2D eigenvalue weighted by Crippen LogP contribution is 2.15. The van der Waals surface area contributed by atoms with Crippen LogP contribution in [0.4, 0.5) is 11.4 Å². The lowest BCUT2D eigenvalue weighted by Gasteiger charge is -2.35. The maximum atomic E-state index is 12.2. The van der Waals surface area contributed by atoms with Gasteiger partial charge in [-0.3, -0.25) is 14.5 Å². The lowest BCUT2D eigenvalue weighted by molar-refractivity contribution is -0.117. The maximum Gasteiger partial charge on any atom is 0.268 e. The first-order valence-corrected chi connectivity index (χ1v) is 8.86. The standard InChI is InChI=1S/C17H20BrN5O2/c1-21-17(25)10-15(11-19-21)23-8-6-22(7-9-23)12-16(24)20-14-4-2-13(18)3-5-14/h2-5,10-11H,6-9,12H2,1H3,(H,20,24). The molecule has 0 aliphatic carbocycles. The number of nitrogens with one attached hydrogen (secondary N) is 1. The summed E-state index contributed by atoms with van der Waals surface area (Å²) < 4.78 is 2.29. The highest BCUT2D eigenvalue weighted by molar-refractivity contribution is 9.10. The SMILES string of the molecule is Cn1ncc(N2CCN(CC(=O)Nc3ccc(Br)cc3)CC2)cc1=O. The Labute approximate surface area is 154 Å². The number of halogens is 1. The molecule has 8 heteroatoms. The van der Waals surface area contributed by atoms with Crippen LogP contribution in [0, 0.1) is 0 Å². The zero-order valence-electron chi connectivity index (χ0n) is 14.0. The van der Waals surface area contributed by atoms with Gasteiger partial charge in [-0.1, -0.05) is 15.9 Å². The molecule has 2 heterocycles. The molecule has 1 aromatic carbocycles. The van der Waals surface area contributed by atoms with E-state index in [2.05, 4.69) is 36.1 Å². The fourth-order valence-corrected chi connectivity index (χ4v) is 3.00. The van der Waals surface area contributed by atoms with Crippen LogP contribution in [-0.4, -0.2) is 53.3 Å². The third-order valence-electron chi connectivity index (χ3n) is 4.19. The van der Waals surface area contributed by atoms with Crippen molar-refractivity contribution in [2.75, 3.05) is 42.9 Å². The fraction of sp³-hybridized carbons (Fsp3) is 0.353. The first-order chi connectivity index (χ1) is 12.0. The summed E-state index contributed by atoms with van der Waals surface area (Å²) in [6, 6.07) is 9.12. The molecular formula is C17H20BrN5O2. The fourth-order valence-electron chi connectivity index (χ4n) is 2.73. The van der Waals surface area contributed by atoms with Crippen molar-refractivity contribution in [3.05, 3.63) is 51.4 Å². The predicted molar refractivity (Wildman–Crippen MR) is 101 cm³/mol. The van der Waals surface area contributed by atoms with E-state index in [1.807, 2.05) is 24.3 Å². The van der Waals surface area contributed by atoms with E-state index in [1.54, 1.807) is 19.3 Å². The molecule has 0 spiro atoms. The minimum atomic E-state index is -0.117. The van der Waals surface area contributed by atoms with E-state index in [0.717, 1.165) is 42.0 Å². The Balaban J connectivity index is 1.50. The molecule has 1 N–H and O–H groups in total. The van der Waals surface area contributed by atoms with Gasteiger partial charge < -0.3 is 10.2 Å². The summed E-state index contributed by atoms with van der Waals surface area (Å²) in [6.45, 7) is 3.42. The lowest BCUT2D eigenvalue weighted by Crippen LogP contribution is -2.49. The predicted octanol–water partition coefficient (Wildman–Crippen LogP) is 1.30. The van der Waals surface area contributed by atoms with E-state index < -0.39 is 0 Å². The number of rotatable bonds is 4. The topological polar surface area (TPSA) is 70.5 Å². The van der Waals surface area contributed by atoms with Gasteiger partial charge in [-0.25, -0.2) is 4.68 Å². The first-order valence-electron chi connectivity index (χ1n) is 8.07. The molecule has 1 aliphatic heterocycles. The molecule has 0 saturated carbocycles. The second-order valence-corrected chi connectivity index (χ2v) is 6.91. The van der Waals surface area contributed by atoms with E-state index in [1.165, 1.54) is 4.68 Å². The lowest BCUT2D eigenvalue weighted by atomic mass is 10.2. The normalized spacial score (nSPS) is 15.2. The summed E-state index contributed by atoms with van der Waals surface area (Å²) in [5, 5.41) is 6.96. The van der Waals surface area contributed by atoms with Crippen molar-refractivity contribution in [3.8, 4) is 0 Å². The van der Waals surface area contributed by atoms with Gasteiger partial charge in [0.15, 0.2) is 0 Å². The second kappa shape index (κ2) is 7.79. The van der Waals surface area contributed by atoms with Crippen LogP contribution in [0.2, 0.25) is 0 Å². The van der Waals surface area contributed by atoms with Crippen LogP contribution in [0.15, 0.2) is 45.8 Å². The van der Waals surface area contributed by atoms with Gasteiger partial charge in [-0.05, 0) is 24.3 Å². The number of hydrogen-bond donors (Lipinski definition) is 1. The number of hydrogen-bond acceptors (Lipinski definition) is 5. The van der Waals surface area contributed by atoms with Crippen molar-refractivity contribution in [3.63, 3.8) is 0 Å². The molecule has 2 aromatic rings. The number of nitrogens with zero attached hydrogens (tertiary/aromatic N) is 4. The van der Waals surface area contributed by atoms with Gasteiger partial charge in [-0.2, -0.15) is 5.10 Å². The molecule has 3 rings (SSSR count). The Bertz CT molecular complexity index is 797. The minimum Gasteiger partial charge on any atom is -0.368 e. The van der Waals surface area contributed by atoms with Crippen LogP contribution in [0.1, 0.15) is 0 Å². The van der Waals surface area contributed by atoms with E-state index in [-0.39, 0.29) is 11.5 Å². The Morgan fingerprint density at radius 1 is 1.20 bits per heavy atom. The Hall–Kier alpha value is -2.19. The Morgan fingerprint density at radius 2 is 1.88 bits per heavy atom. The average molecular weight is 406 g/mol. The van der Waals surface area contributed by atoms with Gasteiger partial charge in [0.05, 0.1) is 18.4 Å². The molecule has 0 radical (unpaired) electrons. The molecule has 1 aromatic heterocycles. The summed E-state index contributed by atoms with van der Waals surface area (Å²) in [6.07, 6.45) is 1.71. The second-order valence-electron chi connectivity index (χ2n) is 5.99. The molecule has 0 atom stereocenters. The molecule has 25 heavy (non-hydrogen) atoms. The quantitative estimate of drug-likeness (QED) is 0.829. The molecule has 1 fully saturated rings. The summed E-state index contributed by atoms with van der Waals surface area (Å²) in [7, 11) is 1.63. The van der Waals surface area contributed by atoms with Crippen molar-refractivity contribution in [1.29, 1.82) is 0 Å². The smallest absolute Gasteiger partial charge is 0.268 e. The number of piperazine rings is 1. The number of aryl methyl sites for hydroxylation is 1. The largest absolute Gasteiger partial charge is 0.368 e. The zero-order chi connectivity index (χ0) is 17.8. The molecular weight excluding hydrogens is 386 g/mol. The number of carbonyl (C=O) groups is 1. The van der Waals surface area contributed by atoms with Gasteiger partial charge in [0.2, 0.25) is 5.91 Å². The third-order valence-corrected chi connectivity index (χ3v) is 4.71. The molecule has 1 aliphatic rings.